The summed E-state index contributed by atoms with van der Waals surface area (Å²) < 4.78 is 12.0. The topological polar surface area (TPSA) is 71.4 Å². The first-order chi connectivity index (χ1) is 18.0. The van der Waals surface area contributed by atoms with E-state index in [4.69, 9.17) is 9.47 Å². The van der Waals surface area contributed by atoms with Gasteiger partial charge in [0.05, 0.1) is 7.11 Å². The Labute approximate surface area is 217 Å². The van der Waals surface area contributed by atoms with Crippen molar-refractivity contribution in [1.82, 2.24) is 0 Å². The average molecular weight is 489 g/mol. The highest BCUT2D eigenvalue weighted by Crippen LogP contribution is 2.35. The summed E-state index contributed by atoms with van der Waals surface area (Å²) in [6.45, 7) is 6.13. The van der Waals surface area contributed by atoms with E-state index in [1.54, 1.807) is 31.4 Å². The van der Waals surface area contributed by atoms with Gasteiger partial charge in [-0.3, -0.25) is 4.79 Å². The molecule has 4 rings (SSSR count). The van der Waals surface area contributed by atoms with E-state index >= 15 is 0 Å². The molecule has 37 heavy (non-hydrogen) atoms. The molecule has 0 aliphatic heterocycles. The van der Waals surface area contributed by atoms with Crippen molar-refractivity contribution < 1.29 is 14.3 Å². The number of ether oxygens (including phenoxy) is 2. The molecule has 1 amide bonds. The van der Waals surface area contributed by atoms with Crippen LogP contribution in [0.1, 0.15) is 22.3 Å². The molecule has 0 aliphatic carbocycles. The standard InChI is InChI=1S/C32H28N2O3/c1-4-10-25-17-23(18-27(20-33)32(35)34-29-16-8-5-11-22(29)2)19-30(36-3)31(25)37-21-26-14-9-13-24-12-6-7-15-28(24)26/h4-9,11-19H,1,10,21H2,2-3H3,(H,34,35)/b27-18+. The van der Waals surface area contributed by atoms with E-state index < -0.39 is 5.91 Å². The van der Waals surface area contributed by atoms with E-state index in [0.717, 1.165) is 27.5 Å². The van der Waals surface area contributed by atoms with Gasteiger partial charge in [0, 0.05) is 11.3 Å². The number of methoxy groups -OCH3 is 1. The third-order valence-electron chi connectivity index (χ3n) is 6.06. The molecule has 4 aromatic carbocycles. The van der Waals surface area contributed by atoms with Crippen LogP contribution in [0.5, 0.6) is 11.5 Å². The normalized spacial score (nSPS) is 11.0. The second-order valence-electron chi connectivity index (χ2n) is 8.57. The molecule has 5 nitrogen and oxygen atoms in total. The number of rotatable bonds is 9. The van der Waals surface area contributed by atoms with Crippen molar-refractivity contribution in [3.63, 3.8) is 0 Å². The van der Waals surface area contributed by atoms with Crippen molar-refractivity contribution in [1.29, 1.82) is 5.26 Å². The summed E-state index contributed by atoms with van der Waals surface area (Å²) in [7, 11) is 1.57. The van der Waals surface area contributed by atoms with Crippen LogP contribution in [0.25, 0.3) is 16.8 Å². The Morgan fingerprint density at radius 2 is 1.78 bits per heavy atom. The zero-order chi connectivity index (χ0) is 26.2. The minimum absolute atomic E-state index is 0.0146. The van der Waals surface area contributed by atoms with Gasteiger partial charge in [-0.2, -0.15) is 5.26 Å². The summed E-state index contributed by atoms with van der Waals surface area (Å²) in [5.74, 6) is 0.648. The van der Waals surface area contributed by atoms with Crippen molar-refractivity contribution in [2.45, 2.75) is 20.0 Å². The number of fused-ring (bicyclic) bond motifs is 1. The molecule has 4 aromatic rings. The number of hydrogen-bond acceptors (Lipinski definition) is 4. The molecule has 0 atom stereocenters. The Morgan fingerprint density at radius 1 is 1.03 bits per heavy atom. The largest absolute Gasteiger partial charge is 0.493 e. The molecule has 0 radical (unpaired) electrons. The zero-order valence-electron chi connectivity index (χ0n) is 21.0. The SMILES string of the molecule is C=CCc1cc(/C=C(\C#N)C(=O)Nc2ccccc2C)cc(OC)c1OCc1cccc2ccccc12. The fourth-order valence-electron chi connectivity index (χ4n) is 4.18. The third-order valence-corrected chi connectivity index (χ3v) is 6.06. The molecule has 0 aromatic heterocycles. The highest BCUT2D eigenvalue weighted by Gasteiger charge is 2.16. The molecular formula is C32H28N2O3. The van der Waals surface area contributed by atoms with E-state index in [9.17, 15) is 10.1 Å². The number of carbonyl (C=O) groups is 1. The van der Waals surface area contributed by atoms with Gasteiger partial charge >= 0.3 is 0 Å². The molecular weight excluding hydrogens is 460 g/mol. The number of anilines is 1. The molecule has 0 heterocycles. The van der Waals surface area contributed by atoms with Crippen molar-refractivity contribution in [2.24, 2.45) is 0 Å². The Morgan fingerprint density at radius 3 is 2.54 bits per heavy atom. The van der Waals surface area contributed by atoms with Gasteiger partial charge in [0.2, 0.25) is 0 Å². The molecule has 0 fully saturated rings. The number of allylic oxidation sites excluding steroid dienone is 1. The van der Waals surface area contributed by atoms with E-state index in [-0.39, 0.29) is 5.57 Å². The molecule has 184 valence electrons. The monoisotopic (exact) mass is 488 g/mol. The summed E-state index contributed by atoms with van der Waals surface area (Å²) >= 11 is 0. The maximum absolute atomic E-state index is 12.8. The fraction of sp³-hybridized carbons (Fsp3) is 0.125. The zero-order valence-corrected chi connectivity index (χ0v) is 21.0. The van der Waals surface area contributed by atoms with Crippen LogP contribution >= 0.6 is 0 Å². The lowest BCUT2D eigenvalue weighted by Gasteiger charge is -2.17. The number of carbonyl (C=O) groups excluding carboxylic acids is 1. The Bertz CT molecular complexity index is 1520. The Hall–Kier alpha value is -4.82. The number of nitrogens with zero attached hydrogens (tertiary/aromatic N) is 1. The van der Waals surface area contributed by atoms with Crippen LogP contribution in [0.15, 0.2) is 97.1 Å². The van der Waals surface area contributed by atoms with Crippen molar-refractivity contribution in [3.8, 4) is 17.6 Å². The van der Waals surface area contributed by atoms with E-state index in [1.807, 2.05) is 61.5 Å². The maximum Gasteiger partial charge on any atom is 0.266 e. The summed E-state index contributed by atoms with van der Waals surface area (Å²) in [5, 5.41) is 14.8. The first-order valence-electron chi connectivity index (χ1n) is 11.9. The van der Waals surface area contributed by atoms with Gasteiger partial charge < -0.3 is 14.8 Å². The lowest BCUT2D eigenvalue weighted by Crippen LogP contribution is -2.14. The summed E-state index contributed by atoms with van der Waals surface area (Å²) in [6, 6.07) is 27.4. The fourth-order valence-corrected chi connectivity index (χ4v) is 4.18. The molecule has 0 aliphatic rings. The van der Waals surface area contributed by atoms with E-state index in [2.05, 4.69) is 30.1 Å². The van der Waals surface area contributed by atoms with Crippen LogP contribution in [0.3, 0.4) is 0 Å². The second kappa shape index (κ2) is 11.7. The van der Waals surface area contributed by atoms with Crippen molar-refractivity contribution in [3.05, 3.63) is 119 Å². The molecule has 0 unspecified atom stereocenters. The first kappa shape index (κ1) is 25.3. The van der Waals surface area contributed by atoms with Crippen molar-refractivity contribution >= 4 is 28.4 Å². The first-order valence-corrected chi connectivity index (χ1v) is 11.9. The van der Waals surface area contributed by atoms with Crippen LogP contribution in [0.4, 0.5) is 5.69 Å². The van der Waals surface area contributed by atoms with Crippen LogP contribution in [-0.4, -0.2) is 13.0 Å². The smallest absolute Gasteiger partial charge is 0.266 e. The highest BCUT2D eigenvalue weighted by atomic mass is 16.5. The van der Waals surface area contributed by atoms with Gasteiger partial charge in [-0.25, -0.2) is 0 Å². The molecule has 0 bridgehead atoms. The number of nitrogens with one attached hydrogen (secondary N) is 1. The number of hydrogen-bond donors (Lipinski definition) is 1. The summed E-state index contributed by atoms with van der Waals surface area (Å²) in [6.07, 6.45) is 3.86. The lowest BCUT2D eigenvalue weighted by molar-refractivity contribution is -0.112. The second-order valence-corrected chi connectivity index (χ2v) is 8.57. The van der Waals surface area contributed by atoms with Crippen LogP contribution in [-0.2, 0) is 17.8 Å². The quantitative estimate of drug-likeness (QED) is 0.156. The van der Waals surface area contributed by atoms with Crippen LogP contribution in [0, 0.1) is 18.3 Å². The Kier molecular flexibility index (Phi) is 8.02. The van der Waals surface area contributed by atoms with Crippen LogP contribution in [0.2, 0.25) is 0 Å². The van der Waals surface area contributed by atoms with Gasteiger partial charge in [-0.15, -0.1) is 6.58 Å². The molecule has 1 N–H and O–H groups in total. The minimum atomic E-state index is -0.475. The van der Waals surface area contributed by atoms with Gasteiger partial charge in [-0.1, -0.05) is 66.7 Å². The predicted octanol–water partition coefficient (Wildman–Crippen LogP) is 7.01. The number of benzene rings is 4. The predicted molar refractivity (Wildman–Crippen MR) is 149 cm³/mol. The maximum atomic E-state index is 12.8. The number of para-hydroxylation sites is 1. The average Bonchev–Trinajstić information content (AvgIpc) is 2.92. The Balaban J connectivity index is 1.64. The van der Waals surface area contributed by atoms with Gasteiger partial charge in [0.1, 0.15) is 18.2 Å². The van der Waals surface area contributed by atoms with Gasteiger partial charge in [0.15, 0.2) is 11.5 Å². The highest BCUT2D eigenvalue weighted by molar-refractivity contribution is 6.10. The molecule has 5 heteroatoms. The molecule has 0 saturated heterocycles. The van der Waals surface area contributed by atoms with E-state index in [0.29, 0.717) is 35.8 Å². The molecule has 0 saturated carbocycles. The third kappa shape index (κ3) is 5.88. The number of amides is 1. The summed E-state index contributed by atoms with van der Waals surface area (Å²) in [4.78, 5) is 12.8. The van der Waals surface area contributed by atoms with Crippen molar-refractivity contribution in [2.75, 3.05) is 12.4 Å². The van der Waals surface area contributed by atoms with E-state index in [1.165, 1.54) is 0 Å². The minimum Gasteiger partial charge on any atom is -0.493 e. The number of aryl methyl sites for hydroxylation is 1. The molecule has 0 spiro atoms. The van der Waals surface area contributed by atoms with Crippen LogP contribution < -0.4 is 14.8 Å². The number of nitriles is 1. The summed E-state index contributed by atoms with van der Waals surface area (Å²) in [5.41, 5.74) is 4.12. The lowest BCUT2D eigenvalue weighted by atomic mass is 10.0. The van der Waals surface area contributed by atoms with Gasteiger partial charge in [-0.05, 0) is 65.1 Å². The van der Waals surface area contributed by atoms with Gasteiger partial charge in [0.25, 0.3) is 5.91 Å².